The molecule has 0 unspecified atom stereocenters. The molecule has 1 heterocycles. The van der Waals surface area contributed by atoms with E-state index in [2.05, 4.69) is 231 Å². The fourth-order valence-corrected chi connectivity index (χ4v) is 11.5. The lowest BCUT2D eigenvalue weighted by molar-refractivity contribution is 0.662. The molecule has 0 N–H and O–H groups in total. The van der Waals surface area contributed by atoms with Crippen molar-refractivity contribution in [2.75, 3.05) is 4.90 Å². The Bertz CT molecular complexity index is 3520. The minimum atomic E-state index is -0.120. The first-order valence-corrected chi connectivity index (χ1v) is 22.0. The number of thiophene rings is 1. The minimum Gasteiger partial charge on any atom is -0.310 e. The largest absolute Gasteiger partial charge is 0.310 e. The Hall–Kier alpha value is -7.26. The average molecular weight is 796 g/mol. The van der Waals surface area contributed by atoms with Gasteiger partial charge in [0.2, 0.25) is 0 Å². The topological polar surface area (TPSA) is 3.24 Å². The van der Waals surface area contributed by atoms with Crippen LogP contribution in [0.5, 0.6) is 0 Å². The van der Waals surface area contributed by atoms with E-state index in [0.717, 1.165) is 17.1 Å². The molecule has 11 aromatic rings. The number of fused-ring (bicyclic) bond motifs is 9. The van der Waals surface area contributed by atoms with Crippen molar-refractivity contribution in [2.45, 2.75) is 19.3 Å². The van der Waals surface area contributed by atoms with E-state index in [4.69, 9.17) is 0 Å². The molecule has 0 radical (unpaired) electrons. The molecule has 0 saturated carbocycles. The van der Waals surface area contributed by atoms with Crippen LogP contribution in [0, 0.1) is 0 Å². The zero-order valence-electron chi connectivity index (χ0n) is 34.1. The lowest BCUT2D eigenvalue weighted by Crippen LogP contribution is -2.16. The van der Waals surface area contributed by atoms with Gasteiger partial charge in [-0.1, -0.05) is 184 Å². The summed E-state index contributed by atoms with van der Waals surface area (Å²) in [6, 6.07) is 78.6. The van der Waals surface area contributed by atoms with Crippen LogP contribution < -0.4 is 4.90 Å². The Morgan fingerprint density at radius 1 is 0.344 bits per heavy atom. The van der Waals surface area contributed by atoms with Gasteiger partial charge in [-0.05, 0) is 120 Å². The molecule has 1 aromatic heterocycles. The monoisotopic (exact) mass is 795 g/mol. The molecule has 10 aromatic carbocycles. The van der Waals surface area contributed by atoms with Crippen LogP contribution in [0.3, 0.4) is 0 Å². The zero-order chi connectivity index (χ0) is 40.7. The zero-order valence-corrected chi connectivity index (χ0v) is 34.9. The van der Waals surface area contributed by atoms with Crippen molar-refractivity contribution >= 4 is 70.1 Å². The van der Waals surface area contributed by atoms with Crippen molar-refractivity contribution in [3.05, 3.63) is 223 Å². The molecule has 1 aliphatic rings. The number of rotatable bonds is 6. The van der Waals surface area contributed by atoms with E-state index in [0.29, 0.717) is 0 Å². The van der Waals surface area contributed by atoms with Gasteiger partial charge in [0.25, 0.3) is 0 Å². The third-order valence-electron chi connectivity index (χ3n) is 13.0. The molecule has 1 nitrogen and oxygen atoms in total. The smallest absolute Gasteiger partial charge is 0.0467 e. The Labute approximate surface area is 360 Å². The highest BCUT2D eigenvalue weighted by Gasteiger charge is 2.37. The molecule has 12 rings (SSSR count). The van der Waals surface area contributed by atoms with Crippen molar-refractivity contribution in [3.63, 3.8) is 0 Å². The van der Waals surface area contributed by atoms with Crippen LogP contribution in [0.1, 0.15) is 25.0 Å². The maximum absolute atomic E-state index is 2.43. The summed E-state index contributed by atoms with van der Waals surface area (Å²) in [5.41, 5.74) is 16.0. The minimum absolute atomic E-state index is 0.120. The SMILES string of the molecule is CC1(C)c2ccccc2-c2cccc(-c3cccc(N(c4ccc(-c5ccc6ccccc6c5)cc4)c4cccc(-c5cccc6c5sc5c7ccccc7ccc65)c4)c3)c21. The molecule has 0 spiro atoms. The summed E-state index contributed by atoms with van der Waals surface area (Å²) in [6.07, 6.45) is 0. The van der Waals surface area contributed by atoms with Gasteiger partial charge in [-0.25, -0.2) is 0 Å². The van der Waals surface area contributed by atoms with Crippen molar-refractivity contribution in [1.82, 2.24) is 0 Å². The summed E-state index contributed by atoms with van der Waals surface area (Å²) in [4.78, 5) is 2.43. The summed E-state index contributed by atoms with van der Waals surface area (Å²) < 4.78 is 2.67. The normalized spacial score (nSPS) is 12.9. The van der Waals surface area contributed by atoms with Gasteiger partial charge < -0.3 is 4.90 Å². The van der Waals surface area contributed by atoms with E-state index < -0.39 is 0 Å². The van der Waals surface area contributed by atoms with Crippen molar-refractivity contribution < 1.29 is 0 Å². The summed E-state index contributed by atoms with van der Waals surface area (Å²) in [7, 11) is 0. The molecule has 61 heavy (non-hydrogen) atoms. The van der Waals surface area contributed by atoms with Gasteiger partial charge in [0.15, 0.2) is 0 Å². The maximum Gasteiger partial charge on any atom is 0.0467 e. The second-order valence-corrected chi connectivity index (χ2v) is 17.9. The fourth-order valence-electron chi connectivity index (χ4n) is 10.1. The van der Waals surface area contributed by atoms with E-state index in [1.165, 1.54) is 97.4 Å². The van der Waals surface area contributed by atoms with E-state index in [1.807, 2.05) is 11.3 Å². The summed E-state index contributed by atoms with van der Waals surface area (Å²) in [5, 5.41) is 7.73. The fraction of sp³-hybridized carbons (Fsp3) is 0.0508. The summed E-state index contributed by atoms with van der Waals surface area (Å²) >= 11 is 1.91. The lowest BCUT2D eigenvalue weighted by atomic mass is 9.79. The van der Waals surface area contributed by atoms with E-state index in [1.54, 1.807) is 0 Å². The number of nitrogens with zero attached hydrogens (tertiary/aromatic N) is 1. The van der Waals surface area contributed by atoms with Crippen LogP contribution in [0.25, 0.3) is 86.2 Å². The van der Waals surface area contributed by atoms with Gasteiger partial charge >= 0.3 is 0 Å². The quantitative estimate of drug-likeness (QED) is 0.162. The molecule has 0 atom stereocenters. The standard InChI is InChI=1S/C59H41NS/c1-59(2)55-26-8-7-21-51(55)52-24-11-22-48(56(52)59)43-16-9-18-46(36-43)60(45-32-29-39(30-33-45)42-28-27-38-13-3-4-15-41(38)35-42)47-19-10-17-44(37-47)50-23-12-25-53-54-34-31-40-14-5-6-20-49(40)57(54)61-58(50)53/h3-37H,1-2H3. The summed E-state index contributed by atoms with van der Waals surface area (Å²) in [6.45, 7) is 4.75. The van der Waals surface area contributed by atoms with Crippen molar-refractivity contribution in [2.24, 2.45) is 0 Å². The van der Waals surface area contributed by atoms with Gasteiger partial charge in [-0.2, -0.15) is 0 Å². The van der Waals surface area contributed by atoms with Crippen LogP contribution in [-0.2, 0) is 5.41 Å². The average Bonchev–Trinajstić information content (AvgIpc) is 3.82. The second-order valence-electron chi connectivity index (χ2n) is 16.9. The van der Waals surface area contributed by atoms with Crippen LogP contribution in [-0.4, -0.2) is 0 Å². The molecule has 0 aliphatic heterocycles. The third kappa shape index (κ3) is 5.74. The van der Waals surface area contributed by atoms with E-state index >= 15 is 0 Å². The van der Waals surface area contributed by atoms with Gasteiger partial charge in [-0.15, -0.1) is 11.3 Å². The second kappa shape index (κ2) is 13.9. The van der Waals surface area contributed by atoms with Crippen molar-refractivity contribution in [1.29, 1.82) is 0 Å². The van der Waals surface area contributed by atoms with Gasteiger partial charge in [0.1, 0.15) is 0 Å². The van der Waals surface area contributed by atoms with Gasteiger partial charge in [0.05, 0.1) is 0 Å². The van der Waals surface area contributed by atoms with E-state index in [-0.39, 0.29) is 5.41 Å². The molecule has 0 fully saturated rings. The first-order valence-electron chi connectivity index (χ1n) is 21.2. The highest BCUT2D eigenvalue weighted by atomic mass is 32.1. The number of anilines is 3. The molecule has 0 bridgehead atoms. The Morgan fingerprint density at radius 3 is 1.74 bits per heavy atom. The molecular weight excluding hydrogens is 755 g/mol. The predicted octanol–water partition coefficient (Wildman–Crippen LogP) is 17.1. The van der Waals surface area contributed by atoms with Crippen LogP contribution >= 0.6 is 11.3 Å². The molecular formula is C59H41NS. The molecule has 0 amide bonds. The Balaban J connectivity index is 1.01. The van der Waals surface area contributed by atoms with Crippen LogP contribution in [0.15, 0.2) is 212 Å². The molecule has 288 valence electrons. The molecule has 0 saturated heterocycles. The third-order valence-corrected chi connectivity index (χ3v) is 14.3. The molecule has 2 heteroatoms. The van der Waals surface area contributed by atoms with Gasteiger partial charge in [0, 0.05) is 42.6 Å². The van der Waals surface area contributed by atoms with Crippen LogP contribution in [0.4, 0.5) is 17.1 Å². The van der Waals surface area contributed by atoms with E-state index in [9.17, 15) is 0 Å². The van der Waals surface area contributed by atoms with Crippen LogP contribution in [0.2, 0.25) is 0 Å². The van der Waals surface area contributed by atoms with Crippen molar-refractivity contribution in [3.8, 4) is 44.5 Å². The summed E-state index contributed by atoms with van der Waals surface area (Å²) in [5.74, 6) is 0. The Kier molecular flexibility index (Phi) is 8.13. The number of hydrogen-bond donors (Lipinski definition) is 0. The Morgan fingerprint density at radius 2 is 0.918 bits per heavy atom. The van der Waals surface area contributed by atoms with Gasteiger partial charge in [-0.3, -0.25) is 0 Å². The predicted molar refractivity (Wildman–Crippen MR) is 263 cm³/mol. The maximum atomic E-state index is 2.43. The molecule has 1 aliphatic carbocycles. The highest BCUT2D eigenvalue weighted by Crippen LogP contribution is 2.52. The highest BCUT2D eigenvalue weighted by molar-refractivity contribution is 7.27. The number of hydrogen-bond acceptors (Lipinski definition) is 2. The lowest BCUT2D eigenvalue weighted by Gasteiger charge is -2.28. The first-order chi connectivity index (χ1) is 30.0. The number of benzene rings is 10. The first kappa shape index (κ1) is 35.7.